The number of hydrogen-bond acceptors (Lipinski definition) is 5. The van der Waals surface area contributed by atoms with Crippen LogP contribution >= 0.6 is 11.3 Å². The van der Waals surface area contributed by atoms with E-state index < -0.39 is 5.63 Å². The molecule has 4 nitrogen and oxygen atoms in total. The van der Waals surface area contributed by atoms with E-state index in [1.807, 2.05) is 20.8 Å². The summed E-state index contributed by atoms with van der Waals surface area (Å²) >= 11 is 1.61. The summed E-state index contributed by atoms with van der Waals surface area (Å²) in [5.41, 5.74) is 2.11. The zero-order valence-corrected chi connectivity index (χ0v) is 13.3. The highest BCUT2D eigenvalue weighted by Gasteiger charge is 2.20. The summed E-state index contributed by atoms with van der Waals surface area (Å²) < 4.78 is 5.40. The number of thiophene rings is 1. The Hall–Kier alpha value is -2.40. The molecule has 3 aromatic rings. The van der Waals surface area contributed by atoms with Gasteiger partial charge in [0.1, 0.15) is 17.1 Å². The molecule has 0 spiro atoms. The summed E-state index contributed by atoms with van der Waals surface area (Å²) in [6.45, 7) is 5.88. The molecule has 0 aliphatic carbocycles. The number of hydrogen-bond donors (Lipinski definition) is 1. The molecule has 5 heteroatoms. The normalized spacial score (nSPS) is 10.9. The Morgan fingerprint density at radius 2 is 1.95 bits per heavy atom. The first kappa shape index (κ1) is 14.5. The van der Waals surface area contributed by atoms with Crippen LogP contribution in [-0.2, 0) is 0 Å². The fraction of sp³-hybridized carbons (Fsp3) is 0.176. The number of aryl methyl sites for hydroxylation is 2. The molecule has 3 aromatic heterocycles. The predicted molar refractivity (Wildman–Crippen MR) is 87.4 cm³/mol. The average molecular weight is 313 g/mol. The molecular formula is C17H15NO3S. The van der Waals surface area contributed by atoms with Gasteiger partial charge in [-0.25, -0.2) is 4.79 Å². The smallest absolute Gasteiger partial charge is 0.348 e. The summed E-state index contributed by atoms with van der Waals surface area (Å²) in [5.74, 6) is 0.237. The minimum Gasteiger partial charge on any atom is -0.507 e. The zero-order chi connectivity index (χ0) is 15.9. The van der Waals surface area contributed by atoms with Crippen molar-refractivity contribution >= 4 is 11.3 Å². The highest BCUT2D eigenvalue weighted by Crippen LogP contribution is 2.38. The molecule has 0 saturated heterocycles. The van der Waals surface area contributed by atoms with Crippen molar-refractivity contribution in [2.24, 2.45) is 0 Å². The summed E-state index contributed by atoms with van der Waals surface area (Å²) in [6.07, 6.45) is 3.22. The van der Waals surface area contributed by atoms with Crippen molar-refractivity contribution in [2.75, 3.05) is 0 Å². The first-order valence-electron chi connectivity index (χ1n) is 6.83. The topological polar surface area (TPSA) is 63.3 Å². The fourth-order valence-corrected chi connectivity index (χ4v) is 3.59. The molecule has 0 aromatic carbocycles. The summed E-state index contributed by atoms with van der Waals surface area (Å²) in [6, 6.07) is 4.99. The Labute approximate surface area is 131 Å². The number of pyridine rings is 1. The molecular weight excluding hydrogens is 298 g/mol. The molecule has 0 saturated carbocycles. The van der Waals surface area contributed by atoms with Gasteiger partial charge >= 0.3 is 5.63 Å². The number of rotatable bonds is 2. The zero-order valence-electron chi connectivity index (χ0n) is 12.5. The molecule has 3 rings (SSSR count). The lowest BCUT2D eigenvalue weighted by molar-refractivity contribution is 0.456. The van der Waals surface area contributed by atoms with Gasteiger partial charge in [0.2, 0.25) is 0 Å². The Morgan fingerprint density at radius 1 is 1.18 bits per heavy atom. The van der Waals surface area contributed by atoms with Crippen molar-refractivity contribution in [2.45, 2.75) is 20.8 Å². The molecule has 0 fully saturated rings. The summed E-state index contributed by atoms with van der Waals surface area (Å²) in [7, 11) is 0. The molecule has 0 atom stereocenters. The summed E-state index contributed by atoms with van der Waals surface area (Å²) in [5, 5.41) is 10.4. The van der Waals surface area contributed by atoms with Gasteiger partial charge < -0.3 is 9.52 Å². The highest BCUT2D eigenvalue weighted by molar-refractivity contribution is 7.12. The van der Waals surface area contributed by atoms with Crippen molar-refractivity contribution in [1.29, 1.82) is 0 Å². The van der Waals surface area contributed by atoms with E-state index in [9.17, 15) is 9.90 Å². The maximum atomic E-state index is 12.4. The van der Waals surface area contributed by atoms with Gasteiger partial charge in [-0.05, 0) is 38.5 Å². The van der Waals surface area contributed by atoms with E-state index in [0.717, 1.165) is 20.9 Å². The van der Waals surface area contributed by atoms with E-state index in [0.29, 0.717) is 11.3 Å². The molecule has 0 amide bonds. The van der Waals surface area contributed by atoms with Gasteiger partial charge in [0.15, 0.2) is 0 Å². The second kappa shape index (κ2) is 5.42. The average Bonchev–Trinajstić information content (AvgIpc) is 2.74. The minimum atomic E-state index is -0.539. The van der Waals surface area contributed by atoms with Gasteiger partial charge in [0, 0.05) is 39.3 Å². The van der Waals surface area contributed by atoms with E-state index in [1.54, 1.807) is 35.9 Å². The highest BCUT2D eigenvalue weighted by atomic mass is 32.1. The Kier molecular flexibility index (Phi) is 3.58. The van der Waals surface area contributed by atoms with E-state index >= 15 is 0 Å². The van der Waals surface area contributed by atoms with Crippen molar-refractivity contribution < 1.29 is 9.52 Å². The quantitative estimate of drug-likeness (QED) is 0.775. The van der Waals surface area contributed by atoms with Crippen molar-refractivity contribution in [1.82, 2.24) is 4.98 Å². The van der Waals surface area contributed by atoms with Crippen molar-refractivity contribution in [3.8, 4) is 28.2 Å². The lowest BCUT2D eigenvalue weighted by Crippen LogP contribution is -2.05. The van der Waals surface area contributed by atoms with Gasteiger partial charge in [-0.2, -0.15) is 0 Å². The van der Waals surface area contributed by atoms with E-state index in [4.69, 9.17) is 4.42 Å². The lowest BCUT2D eigenvalue weighted by Gasteiger charge is -2.07. The number of aromatic hydroxyl groups is 1. The molecule has 1 N–H and O–H groups in total. The van der Waals surface area contributed by atoms with E-state index in [-0.39, 0.29) is 11.3 Å². The van der Waals surface area contributed by atoms with Crippen LogP contribution in [0.3, 0.4) is 0 Å². The SMILES string of the molecule is Cc1sc(C)c(-c2c(O)cc(-c3cccnc3)oc2=O)c1C. The largest absolute Gasteiger partial charge is 0.507 e. The van der Waals surface area contributed by atoms with Crippen LogP contribution in [0.4, 0.5) is 0 Å². The second-order valence-corrected chi connectivity index (χ2v) is 6.54. The third-order valence-electron chi connectivity index (χ3n) is 3.69. The number of aromatic nitrogens is 1. The molecule has 0 aliphatic rings. The minimum absolute atomic E-state index is 0.0703. The van der Waals surface area contributed by atoms with Crippen LogP contribution in [0.5, 0.6) is 5.75 Å². The van der Waals surface area contributed by atoms with Crippen LogP contribution in [0.15, 0.2) is 39.8 Å². The predicted octanol–water partition coefficient (Wildman–Crippen LogP) is 4.06. The molecule has 22 heavy (non-hydrogen) atoms. The van der Waals surface area contributed by atoms with E-state index in [2.05, 4.69) is 4.98 Å². The van der Waals surface area contributed by atoms with Crippen LogP contribution in [0.2, 0.25) is 0 Å². The first-order valence-corrected chi connectivity index (χ1v) is 7.65. The van der Waals surface area contributed by atoms with Crippen molar-refractivity contribution in [3.63, 3.8) is 0 Å². The maximum absolute atomic E-state index is 12.4. The van der Waals surface area contributed by atoms with Crippen LogP contribution in [0.25, 0.3) is 22.5 Å². The third-order valence-corrected chi connectivity index (χ3v) is 4.81. The van der Waals surface area contributed by atoms with Crippen LogP contribution in [0.1, 0.15) is 15.3 Å². The molecule has 0 radical (unpaired) electrons. The van der Waals surface area contributed by atoms with Crippen LogP contribution < -0.4 is 5.63 Å². The molecule has 0 bridgehead atoms. The first-order chi connectivity index (χ1) is 10.5. The van der Waals surface area contributed by atoms with Crippen LogP contribution in [-0.4, -0.2) is 10.1 Å². The van der Waals surface area contributed by atoms with Gasteiger partial charge in [-0.1, -0.05) is 0 Å². The van der Waals surface area contributed by atoms with Gasteiger partial charge in [-0.3, -0.25) is 4.98 Å². The van der Waals surface area contributed by atoms with Crippen LogP contribution in [0, 0.1) is 20.8 Å². The van der Waals surface area contributed by atoms with E-state index in [1.165, 1.54) is 6.07 Å². The fourth-order valence-electron chi connectivity index (χ4n) is 2.52. The maximum Gasteiger partial charge on any atom is 0.348 e. The van der Waals surface area contributed by atoms with Crippen molar-refractivity contribution in [3.05, 3.63) is 56.3 Å². The molecule has 3 heterocycles. The number of nitrogens with zero attached hydrogens (tertiary/aromatic N) is 1. The second-order valence-electron chi connectivity index (χ2n) is 5.11. The third kappa shape index (κ3) is 2.33. The standard InChI is InChI=1S/C17H15NO3S/c1-9-10(2)22-11(3)15(9)16-13(19)7-14(21-17(16)20)12-5-4-6-18-8-12/h4-8,19H,1-3H3. The molecule has 0 unspecified atom stereocenters. The molecule has 0 aliphatic heterocycles. The Morgan fingerprint density at radius 3 is 2.50 bits per heavy atom. The Balaban J connectivity index is 2.22. The van der Waals surface area contributed by atoms with Gasteiger partial charge in [0.05, 0.1) is 0 Å². The molecule has 112 valence electrons. The van der Waals surface area contributed by atoms with Gasteiger partial charge in [0.25, 0.3) is 0 Å². The Bertz CT molecular complexity index is 894. The van der Waals surface area contributed by atoms with Gasteiger partial charge in [-0.15, -0.1) is 11.3 Å². The lowest BCUT2D eigenvalue weighted by atomic mass is 10.0. The monoisotopic (exact) mass is 313 g/mol. The summed E-state index contributed by atoms with van der Waals surface area (Å²) in [4.78, 5) is 18.5.